The van der Waals surface area contributed by atoms with Crippen molar-refractivity contribution in [2.45, 2.75) is 47.1 Å². The van der Waals surface area contributed by atoms with Crippen molar-refractivity contribution in [3.63, 3.8) is 0 Å². The van der Waals surface area contributed by atoms with Gasteiger partial charge >= 0.3 is 0 Å². The fourth-order valence-corrected chi connectivity index (χ4v) is 6.77. The highest BCUT2D eigenvalue weighted by molar-refractivity contribution is 6.55. The van der Waals surface area contributed by atoms with Crippen LogP contribution in [0.4, 0.5) is 5.69 Å². The number of rotatable bonds is 8. The van der Waals surface area contributed by atoms with Crippen molar-refractivity contribution in [3.05, 3.63) is 107 Å². The predicted molar refractivity (Wildman–Crippen MR) is 176 cm³/mol. The molecule has 0 radical (unpaired) electrons. The van der Waals surface area contributed by atoms with Gasteiger partial charge in [0.05, 0.1) is 10.9 Å². The van der Waals surface area contributed by atoms with Crippen LogP contribution in [0, 0.1) is 11.8 Å². The van der Waals surface area contributed by atoms with E-state index in [1.807, 2.05) is 36.4 Å². The highest BCUT2D eigenvalue weighted by Crippen LogP contribution is 2.37. The molecule has 44 heavy (non-hydrogen) atoms. The quantitative estimate of drug-likeness (QED) is 0.122. The van der Waals surface area contributed by atoms with Crippen LogP contribution >= 0.6 is 0 Å². The number of carbonyl (C=O) groups excluding carboxylic acids is 2. The fraction of sp³-hybridized carbons (Fsp3) is 0.256. The molecule has 0 N–H and O–H groups in total. The summed E-state index contributed by atoms with van der Waals surface area (Å²) in [6, 6.07) is 24.7. The highest BCUT2D eigenvalue weighted by atomic mass is 16.3. The molecule has 1 aromatic heterocycles. The van der Waals surface area contributed by atoms with Crippen LogP contribution in [-0.2, 0) is 16.1 Å². The van der Waals surface area contributed by atoms with Crippen molar-refractivity contribution in [2.75, 3.05) is 6.54 Å². The summed E-state index contributed by atoms with van der Waals surface area (Å²) < 4.78 is 4.41. The topological polar surface area (TPSA) is 65.1 Å². The number of hydrogen-bond acceptors (Lipinski definition) is 3. The van der Waals surface area contributed by atoms with Gasteiger partial charge in [-0.2, -0.15) is 4.58 Å². The fourth-order valence-electron chi connectivity index (χ4n) is 6.77. The van der Waals surface area contributed by atoms with E-state index in [4.69, 9.17) is 0 Å². The molecule has 5 aromatic rings. The van der Waals surface area contributed by atoms with Gasteiger partial charge in [0.1, 0.15) is 6.54 Å². The van der Waals surface area contributed by atoms with E-state index in [1.165, 1.54) is 0 Å². The molecule has 0 saturated heterocycles. The zero-order chi connectivity index (χ0) is 30.7. The molecule has 1 aliphatic carbocycles. The van der Waals surface area contributed by atoms with Crippen LogP contribution in [-0.4, -0.2) is 33.0 Å². The summed E-state index contributed by atoms with van der Waals surface area (Å²) in [4.78, 5) is 27.1. The van der Waals surface area contributed by atoms with Crippen molar-refractivity contribution in [3.8, 4) is 0 Å². The van der Waals surface area contributed by atoms with Crippen LogP contribution in [0.25, 0.3) is 38.5 Å². The van der Waals surface area contributed by atoms with E-state index < -0.39 is 17.3 Å². The average molecular weight is 581 g/mol. The van der Waals surface area contributed by atoms with Crippen LogP contribution in [0.1, 0.15) is 46.1 Å². The van der Waals surface area contributed by atoms with Crippen LogP contribution in [0.5, 0.6) is 0 Å². The van der Waals surface area contributed by atoms with Crippen molar-refractivity contribution in [1.82, 2.24) is 4.57 Å². The Morgan fingerprint density at radius 1 is 0.773 bits per heavy atom. The molecule has 2 aliphatic rings. The third-order valence-electron chi connectivity index (χ3n) is 9.09. The van der Waals surface area contributed by atoms with E-state index in [1.54, 1.807) is 12.2 Å². The lowest BCUT2D eigenvalue weighted by Crippen LogP contribution is -2.20. The van der Waals surface area contributed by atoms with Gasteiger partial charge in [-0.05, 0) is 47.2 Å². The average Bonchev–Trinajstić information content (AvgIpc) is 3.56. The molecule has 0 atom stereocenters. The maximum atomic E-state index is 14.0. The molecule has 0 bridgehead atoms. The second kappa shape index (κ2) is 10.7. The van der Waals surface area contributed by atoms with E-state index in [2.05, 4.69) is 73.2 Å². The Bertz CT molecular complexity index is 2160. The van der Waals surface area contributed by atoms with Gasteiger partial charge in [-0.3, -0.25) is 9.59 Å². The number of carbonyl (C=O) groups is 2. The van der Waals surface area contributed by atoms with Crippen LogP contribution in [0.3, 0.4) is 0 Å². The van der Waals surface area contributed by atoms with Crippen molar-refractivity contribution in [1.29, 1.82) is 0 Å². The van der Waals surface area contributed by atoms with E-state index in [9.17, 15) is 14.7 Å². The summed E-state index contributed by atoms with van der Waals surface area (Å²) in [5.41, 5.74) is 3.80. The molecule has 7 rings (SSSR count). The second-order valence-corrected chi connectivity index (χ2v) is 12.9. The molecule has 4 aromatic carbocycles. The first-order valence-electron chi connectivity index (χ1n) is 15.6. The summed E-state index contributed by atoms with van der Waals surface area (Å²) >= 11 is 0. The Kier molecular flexibility index (Phi) is 6.84. The first-order valence-corrected chi connectivity index (χ1v) is 15.6. The summed E-state index contributed by atoms with van der Waals surface area (Å²) in [6.45, 7) is 10.2. The summed E-state index contributed by atoms with van der Waals surface area (Å²) in [5.74, 6) is -1.01. The standard InChI is InChI=1S/C39H36N2O3/c1-23(2)17-19-40-31-15-7-11-25-9-5-13-27(35(25)31)33(40)21-29-37(42)30(39(44)38(29)43)22-34-28-14-6-10-26-12-8-16-32(36(26)28)41(34)20-18-24(3)4/h5-16,21-24H,17-20H2,1-4H3. The van der Waals surface area contributed by atoms with Gasteiger partial charge in [-0.1, -0.05) is 88.1 Å². The summed E-state index contributed by atoms with van der Waals surface area (Å²) in [6.07, 6.45) is 5.23. The molecule has 0 amide bonds. The largest absolute Gasteiger partial charge is 0.871 e. The van der Waals surface area contributed by atoms with Crippen molar-refractivity contribution >= 4 is 61.5 Å². The van der Waals surface area contributed by atoms with Gasteiger partial charge in [-0.25, -0.2) is 0 Å². The Morgan fingerprint density at radius 3 is 2.16 bits per heavy atom. The van der Waals surface area contributed by atoms with Gasteiger partial charge in [0.2, 0.25) is 23.0 Å². The Labute approximate surface area is 257 Å². The lowest BCUT2D eigenvalue weighted by Gasteiger charge is -2.11. The number of ketones is 2. The lowest BCUT2D eigenvalue weighted by atomic mass is 10.0. The Balaban J connectivity index is 1.43. The third-order valence-corrected chi connectivity index (χ3v) is 9.09. The summed E-state index contributed by atoms with van der Waals surface area (Å²) in [5, 5.41) is 20.2. The van der Waals surface area contributed by atoms with E-state index in [0.29, 0.717) is 11.8 Å². The number of allylic oxidation sites excluding steroid dienone is 3. The van der Waals surface area contributed by atoms with Crippen LogP contribution in [0.2, 0.25) is 0 Å². The minimum atomic E-state index is -0.733. The zero-order valence-corrected chi connectivity index (χ0v) is 25.7. The molecule has 0 spiro atoms. The zero-order valence-electron chi connectivity index (χ0n) is 25.7. The number of aromatic nitrogens is 1. The first-order chi connectivity index (χ1) is 21.2. The molecule has 5 nitrogen and oxygen atoms in total. The molecule has 5 heteroatoms. The maximum Gasteiger partial charge on any atom is 0.233 e. The molecule has 0 fully saturated rings. The molecular formula is C39H36N2O3. The number of nitrogens with zero attached hydrogens (tertiary/aromatic N) is 2. The van der Waals surface area contributed by atoms with E-state index in [0.717, 1.165) is 80.7 Å². The molecule has 1 aliphatic heterocycles. The molecule has 0 saturated carbocycles. The highest BCUT2D eigenvalue weighted by Gasteiger charge is 2.35. The number of benzene rings is 4. The smallest absolute Gasteiger partial charge is 0.233 e. The number of hydrogen-bond donors (Lipinski definition) is 0. The first kappa shape index (κ1) is 28.0. The van der Waals surface area contributed by atoms with E-state index in [-0.39, 0.29) is 11.1 Å². The third kappa shape index (κ3) is 4.41. The second-order valence-electron chi connectivity index (χ2n) is 12.9. The van der Waals surface area contributed by atoms with Crippen LogP contribution in [0.15, 0.2) is 95.8 Å². The number of aryl methyl sites for hydroxylation is 1. The summed E-state index contributed by atoms with van der Waals surface area (Å²) in [7, 11) is 0. The van der Waals surface area contributed by atoms with Crippen LogP contribution < -0.4 is 10.5 Å². The van der Waals surface area contributed by atoms with Gasteiger partial charge in [0.25, 0.3) is 0 Å². The monoisotopic (exact) mass is 580 g/mol. The molecule has 0 unspecified atom stereocenters. The van der Waals surface area contributed by atoms with Gasteiger partial charge in [0, 0.05) is 57.9 Å². The Morgan fingerprint density at radius 2 is 1.43 bits per heavy atom. The van der Waals surface area contributed by atoms with Gasteiger partial charge in [0.15, 0.2) is 0 Å². The Hall–Kier alpha value is -4.77. The predicted octanol–water partition coefficient (Wildman–Crippen LogP) is 6.38. The lowest BCUT2D eigenvalue weighted by molar-refractivity contribution is -0.437. The van der Waals surface area contributed by atoms with Gasteiger partial charge < -0.3 is 9.67 Å². The van der Waals surface area contributed by atoms with Gasteiger partial charge in [-0.15, -0.1) is 0 Å². The minimum absolute atomic E-state index is 0.0568. The normalized spacial score (nSPS) is 16.7. The van der Waals surface area contributed by atoms with Crippen molar-refractivity contribution < 1.29 is 19.3 Å². The number of Topliss-reactive ketones (excluding diaryl/α,β-unsaturated/α-hetero) is 2. The SMILES string of the molecule is CC(C)CCn1/c(=C/C2=C([O-])C(=C/C3=[N+](CCC(C)C)c4cccc5cccc3c45)/C(=O)C2=O)c2cccc3cccc1c32. The molecular weight excluding hydrogens is 544 g/mol. The molecule has 2 heterocycles. The molecule has 220 valence electrons. The minimum Gasteiger partial charge on any atom is -0.871 e. The maximum absolute atomic E-state index is 14.0. The van der Waals surface area contributed by atoms with E-state index >= 15 is 0 Å². The van der Waals surface area contributed by atoms with Crippen molar-refractivity contribution in [2.24, 2.45) is 11.8 Å².